The summed E-state index contributed by atoms with van der Waals surface area (Å²) < 4.78 is 0. The molecular weight excluding hydrogens is 284 g/mol. The van der Waals surface area contributed by atoms with E-state index in [1.165, 1.54) is 24.0 Å². The highest BCUT2D eigenvalue weighted by atomic mass is 35.5. The second kappa shape index (κ2) is 7.81. The van der Waals surface area contributed by atoms with Crippen molar-refractivity contribution in [2.45, 2.75) is 45.1 Å². The maximum absolute atomic E-state index is 12.4. The standard InChI is InChI=1S/C17H26N2O.ClH/c1-13-7-6-8-15(11-13)17(9-4-5-10-17)19-16(20)14(2)12-18-3;/h6-8,11,14,18H,4-5,9-10,12H2,1-3H3,(H,19,20);1H. The minimum absolute atomic E-state index is 0. The van der Waals surface area contributed by atoms with Crippen LogP contribution in [0.3, 0.4) is 0 Å². The van der Waals surface area contributed by atoms with Gasteiger partial charge in [0.25, 0.3) is 0 Å². The van der Waals surface area contributed by atoms with Crippen LogP contribution in [0.4, 0.5) is 0 Å². The van der Waals surface area contributed by atoms with E-state index in [0.29, 0.717) is 0 Å². The van der Waals surface area contributed by atoms with Crippen molar-refractivity contribution in [2.75, 3.05) is 13.6 Å². The Morgan fingerprint density at radius 1 is 1.33 bits per heavy atom. The normalized spacial score (nSPS) is 17.9. The summed E-state index contributed by atoms with van der Waals surface area (Å²) in [5, 5.41) is 6.42. The van der Waals surface area contributed by atoms with E-state index >= 15 is 0 Å². The predicted molar refractivity (Wildman–Crippen MR) is 89.8 cm³/mol. The average molecular weight is 311 g/mol. The van der Waals surface area contributed by atoms with E-state index in [0.717, 1.165) is 19.4 Å². The van der Waals surface area contributed by atoms with E-state index < -0.39 is 0 Å². The summed E-state index contributed by atoms with van der Waals surface area (Å²) in [5.74, 6) is 0.157. The molecule has 3 nitrogen and oxygen atoms in total. The molecule has 0 aromatic heterocycles. The second-order valence-electron chi connectivity index (χ2n) is 6.11. The van der Waals surface area contributed by atoms with Gasteiger partial charge in [0.05, 0.1) is 5.54 Å². The van der Waals surface area contributed by atoms with E-state index in [9.17, 15) is 4.79 Å². The summed E-state index contributed by atoms with van der Waals surface area (Å²) in [6, 6.07) is 8.57. The zero-order chi connectivity index (χ0) is 14.6. The fraction of sp³-hybridized carbons (Fsp3) is 0.588. The Morgan fingerprint density at radius 3 is 2.57 bits per heavy atom. The van der Waals surface area contributed by atoms with Gasteiger partial charge in [-0.25, -0.2) is 0 Å². The first kappa shape index (κ1) is 18.0. The number of halogens is 1. The van der Waals surface area contributed by atoms with Crippen LogP contribution in [0.25, 0.3) is 0 Å². The molecule has 0 heterocycles. The molecule has 1 saturated carbocycles. The van der Waals surface area contributed by atoms with Crippen LogP contribution in [-0.2, 0) is 10.3 Å². The van der Waals surface area contributed by atoms with E-state index in [2.05, 4.69) is 41.8 Å². The molecule has 1 unspecified atom stereocenters. The number of carbonyl (C=O) groups is 1. The highest BCUT2D eigenvalue weighted by molar-refractivity contribution is 5.85. The highest BCUT2D eigenvalue weighted by Gasteiger charge is 2.37. The third-order valence-corrected chi connectivity index (χ3v) is 4.35. The van der Waals surface area contributed by atoms with Gasteiger partial charge in [-0.2, -0.15) is 0 Å². The molecule has 0 bridgehead atoms. The summed E-state index contributed by atoms with van der Waals surface area (Å²) in [6.07, 6.45) is 4.48. The number of hydrogen-bond donors (Lipinski definition) is 2. The van der Waals surface area contributed by atoms with Gasteiger partial charge in [0, 0.05) is 12.5 Å². The summed E-state index contributed by atoms with van der Waals surface area (Å²) >= 11 is 0. The summed E-state index contributed by atoms with van der Waals surface area (Å²) in [4.78, 5) is 12.4. The monoisotopic (exact) mass is 310 g/mol. The molecule has 0 spiro atoms. The summed E-state index contributed by atoms with van der Waals surface area (Å²) in [6.45, 7) is 4.80. The molecule has 118 valence electrons. The molecule has 1 aromatic rings. The molecule has 21 heavy (non-hydrogen) atoms. The van der Waals surface area contributed by atoms with Crippen LogP contribution in [-0.4, -0.2) is 19.5 Å². The first-order valence-electron chi connectivity index (χ1n) is 7.61. The fourth-order valence-corrected chi connectivity index (χ4v) is 3.17. The quantitative estimate of drug-likeness (QED) is 0.877. The molecule has 1 aliphatic carbocycles. The third kappa shape index (κ3) is 4.21. The van der Waals surface area contributed by atoms with Crippen molar-refractivity contribution < 1.29 is 4.79 Å². The molecule has 1 fully saturated rings. The van der Waals surface area contributed by atoms with Crippen LogP contribution < -0.4 is 10.6 Å². The molecule has 0 aliphatic heterocycles. The van der Waals surface area contributed by atoms with Crippen LogP contribution in [0.1, 0.15) is 43.7 Å². The lowest BCUT2D eigenvalue weighted by Gasteiger charge is -2.32. The number of rotatable bonds is 5. The number of hydrogen-bond acceptors (Lipinski definition) is 2. The maximum Gasteiger partial charge on any atom is 0.224 e. The number of amides is 1. The molecular formula is C17H27ClN2O. The van der Waals surface area contributed by atoms with Crippen molar-refractivity contribution in [1.29, 1.82) is 0 Å². The van der Waals surface area contributed by atoms with Gasteiger partial charge in [0.15, 0.2) is 0 Å². The van der Waals surface area contributed by atoms with Crippen molar-refractivity contribution in [1.82, 2.24) is 10.6 Å². The number of benzene rings is 1. The van der Waals surface area contributed by atoms with Crippen molar-refractivity contribution in [3.05, 3.63) is 35.4 Å². The first-order valence-corrected chi connectivity index (χ1v) is 7.61. The zero-order valence-corrected chi connectivity index (χ0v) is 14.1. The van der Waals surface area contributed by atoms with Gasteiger partial charge < -0.3 is 10.6 Å². The lowest BCUT2D eigenvalue weighted by Crippen LogP contribution is -2.47. The van der Waals surface area contributed by atoms with Gasteiger partial charge in [-0.3, -0.25) is 4.79 Å². The molecule has 1 atom stereocenters. The molecule has 4 heteroatoms. The molecule has 2 rings (SSSR count). The molecule has 1 aromatic carbocycles. The van der Waals surface area contributed by atoms with Gasteiger partial charge in [0.1, 0.15) is 0 Å². The van der Waals surface area contributed by atoms with Crippen LogP contribution in [0.15, 0.2) is 24.3 Å². The predicted octanol–water partition coefficient (Wildman–Crippen LogP) is 3.16. The minimum atomic E-state index is -0.148. The molecule has 0 saturated heterocycles. The van der Waals surface area contributed by atoms with Gasteiger partial charge in [-0.1, -0.05) is 49.6 Å². The molecule has 1 amide bonds. The Labute approximate surface area is 134 Å². The van der Waals surface area contributed by atoms with Crippen LogP contribution in [0.5, 0.6) is 0 Å². The van der Waals surface area contributed by atoms with Crippen molar-refractivity contribution in [3.8, 4) is 0 Å². The minimum Gasteiger partial charge on any atom is -0.346 e. The van der Waals surface area contributed by atoms with Crippen LogP contribution in [0, 0.1) is 12.8 Å². The molecule has 1 aliphatic rings. The van der Waals surface area contributed by atoms with Gasteiger partial charge in [-0.05, 0) is 32.4 Å². The number of nitrogens with one attached hydrogen (secondary N) is 2. The smallest absolute Gasteiger partial charge is 0.224 e. The molecule has 0 radical (unpaired) electrons. The SMILES string of the molecule is CNCC(C)C(=O)NC1(c2cccc(C)c2)CCCC1.Cl. The first-order chi connectivity index (χ1) is 9.57. The van der Waals surface area contributed by atoms with E-state index in [1.54, 1.807) is 0 Å². The van der Waals surface area contributed by atoms with E-state index in [-0.39, 0.29) is 29.8 Å². The fourth-order valence-electron chi connectivity index (χ4n) is 3.17. The van der Waals surface area contributed by atoms with Crippen LogP contribution in [0.2, 0.25) is 0 Å². The van der Waals surface area contributed by atoms with Crippen LogP contribution >= 0.6 is 12.4 Å². The number of carbonyl (C=O) groups excluding carboxylic acids is 1. The third-order valence-electron chi connectivity index (χ3n) is 4.35. The lowest BCUT2D eigenvalue weighted by molar-refractivity contribution is -0.126. The Bertz CT molecular complexity index is 470. The zero-order valence-electron chi connectivity index (χ0n) is 13.2. The lowest BCUT2D eigenvalue weighted by atomic mass is 9.86. The summed E-state index contributed by atoms with van der Waals surface area (Å²) in [5.41, 5.74) is 2.37. The van der Waals surface area contributed by atoms with Gasteiger partial charge >= 0.3 is 0 Å². The Hall–Kier alpha value is -1.06. The summed E-state index contributed by atoms with van der Waals surface area (Å²) in [7, 11) is 1.88. The second-order valence-corrected chi connectivity index (χ2v) is 6.11. The van der Waals surface area contributed by atoms with Gasteiger partial charge in [0.2, 0.25) is 5.91 Å². The highest BCUT2D eigenvalue weighted by Crippen LogP contribution is 2.39. The maximum atomic E-state index is 12.4. The van der Waals surface area contributed by atoms with E-state index in [4.69, 9.17) is 0 Å². The van der Waals surface area contributed by atoms with Crippen molar-refractivity contribution >= 4 is 18.3 Å². The van der Waals surface area contributed by atoms with Gasteiger partial charge in [-0.15, -0.1) is 12.4 Å². The Morgan fingerprint density at radius 2 is 2.00 bits per heavy atom. The Kier molecular flexibility index (Phi) is 6.69. The van der Waals surface area contributed by atoms with E-state index in [1.807, 2.05) is 14.0 Å². The average Bonchev–Trinajstić information content (AvgIpc) is 2.89. The number of aryl methyl sites for hydroxylation is 1. The largest absolute Gasteiger partial charge is 0.346 e. The Balaban J connectivity index is 0.00000220. The van der Waals surface area contributed by atoms with Crippen molar-refractivity contribution in [3.63, 3.8) is 0 Å². The molecule has 2 N–H and O–H groups in total. The topological polar surface area (TPSA) is 41.1 Å². The van der Waals surface area contributed by atoms with Crippen molar-refractivity contribution in [2.24, 2.45) is 5.92 Å².